The second kappa shape index (κ2) is 6.53. The Morgan fingerprint density at radius 2 is 1.96 bits per heavy atom. The van der Waals surface area contributed by atoms with Crippen LogP contribution in [0.1, 0.15) is 12.0 Å². The molecule has 1 saturated heterocycles. The highest BCUT2D eigenvalue weighted by Crippen LogP contribution is 2.30. The van der Waals surface area contributed by atoms with Crippen molar-refractivity contribution in [1.82, 2.24) is 0 Å². The molecule has 2 amide bonds. The van der Waals surface area contributed by atoms with Crippen molar-refractivity contribution in [1.29, 1.82) is 0 Å². The maximum atomic E-state index is 12.7. The fraction of sp³-hybridized carbons (Fsp3) is 0.222. The van der Waals surface area contributed by atoms with Gasteiger partial charge in [-0.1, -0.05) is 29.8 Å². The number of ether oxygens (including phenoxy) is 1. The van der Waals surface area contributed by atoms with E-state index in [1.165, 1.54) is 12.0 Å². The highest BCUT2D eigenvalue weighted by atomic mass is 35.5. The van der Waals surface area contributed by atoms with Crippen LogP contribution in [0.5, 0.6) is 5.75 Å². The molecule has 1 N–H and O–H groups in total. The van der Waals surface area contributed by atoms with E-state index in [4.69, 9.17) is 16.3 Å². The minimum absolute atomic E-state index is 0.108. The predicted octanol–water partition coefficient (Wildman–Crippen LogP) is 3.40. The summed E-state index contributed by atoms with van der Waals surface area (Å²) in [7, 11) is 1.54. The number of hydrogen-bond donors (Lipinski definition) is 1. The van der Waals surface area contributed by atoms with Crippen LogP contribution in [-0.2, 0) is 9.59 Å². The molecule has 5 nitrogen and oxygen atoms in total. The van der Waals surface area contributed by atoms with Crippen molar-refractivity contribution in [3.8, 4) is 5.75 Å². The van der Waals surface area contributed by atoms with Crippen LogP contribution < -0.4 is 15.0 Å². The zero-order valence-corrected chi connectivity index (χ0v) is 14.1. The van der Waals surface area contributed by atoms with Crippen molar-refractivity contribution in [3.05, 3.63) is 53.1 Å². The average Bonchev–Trinajstić information content (AvgIpc) is 2.82. The lowest BCUT2D eigenvalue weighted by Crippen LogP contribution is -2.35. The number of nitrogens with zero attached hydrogens (tertiary/aromatic N) is 1. The highest BCUT2D eigenvalue weighted by Gasteiger charge is 2.40. The molecule has 3 rings (SSSR count). The molecule has 24 heavy (non-hydrogen) atoms. The van der Waals surface area contributed by atoms with Crippen LogP contribution in [0, 0.1) is 6.92 Å². The third-order valence-electron chi connectivity index (χ3n) is 4.00. The van der Waals surface area contributed by atoms with Crippen LogP contribution in [0.15, 0.2) is 42.5 Å². The van der Waals surface area contributed by atoms with Crippen LogP contribution in [0.3, 0.4) is 0 Å². The average molecular weight is 345 g/mol. The van der Waals surface area contributed by atoms with Gasteiger partial charge in [0.05, 0.1) is 24.2 Å². The summed E-state index contributed by atoms with van der Waals surface area (Å²) in [6.07, 6.45) is 0.108. The smallest absolute Gasteiger partial charge is 0.256 e. The Balaban J connectivity index is 1.82. The summed E-state index contributed by atoms with van der Waals surface area (Å²) in [6.45, 7) is 1.87. The molecule has 0 spiro atoms. The van der Waals surface area contributed by atoms with E-state index in [2.05, 4.69) is 5.32 Å². The van der Waals surface area contributed by atoms with Gasteiger partial charge in [-0.25, -0.2) is 4.90 Å². The molecule has 1 heterocycles. The summed E-state index contributed by atoms with van der Waals surface area (Å²) >= 11 is 6.10. The summed E-state index contributed by atoms with van der Waals surface area (Å²) < 4.78 is 5.11. The van der Waals surface area contributed by atoms with Gasteiger partial charge in [-0.2, -0.15) is 0 Å². The third kappa shape index (κ3) is 2.95. The molecule has 0 unspecified atom stereocenters. The number of methoxy groups -OCH3 is 1. The second-order valence-electron chi connectivity index (χ2n) is 5.60. The van der Waals surface area contributed by atoms with Gasteiger partial charge in [0.15, 0.2) is 0 Å². The van der Waals surface area contributed by atoms with E-state index in [1.54, 1.807) is 24.3 Å². The van der Waals surface area contributed by atoms with Crippen LogP contribution in [0.25, 0.3) is 0 Å². The molecule has 6 heteroatoms. The molecule has 1 aliphatic rings. The minimum atomic E-state index is -0.610. The molecule has 0 aromatic heterocycles. The SMILES string of the molecule is COc1ccc(N[C@H]2CC(=O)N(c3ccccc3C)C2=O)cc1Cl. The lowest BCUT2D eigenvalue weighted by atomic mass is 10.2. The molecule has 124 valence electrons. The summed E-state index contributed by atoms with van der Waals surface area (Å²) in [5.41, 5.74) is 2.18. The first-order valence-corrected chi connectivity index (χ1v) is 7.91. The number of hydrogen-bond acceptors (Lipinski definition) is 4. The molecule has 0 saturated carbocycles. The van der Waals surface area contributed by atoms with Crippen molar-refractivity contribution in [2.75, 3.05) is 17.3 Å². The molecule has 0 radical (unpaired) electrons. The number of carbonyl (C=O) groups is 2. The number of rotatable bonds is 4. The number of benzene rings is 2. The maximum Gasteiger partial charge on any atom is 0.256 e. The largest absolute Gasteiger partial charge is 0.495 e. The number of aryl methyl sites for hydroxylation is 1. The Hall–Kier alpha value is -2.53. The molecular formula is C18H17ClN2O3. The number of para-hydroxylation sites is 1. The Labute approximate surface area is 145 Å². The van der Waals surface area contributed by atoms with Crippen molar-refractivity contribution >= 4 is 34.8 Å². The number of amides is 2. The van der Waals surface area contributed by atoms with E-state index in [1.807, 2.05) is 25.1 Å². The Morgan fingerprint density at radius 3 is 2.62 bits per heavy atom. The standard InChI is InChI=1S/C18H17ClN2O3/c1-11-5-3-4-6-15(11)21-17(22)10-14(18(21)23)20-12-7-8-16(24-2)13(19)9-12/h3-9,14,20H,10H2,1-2H3/t14-/m0/s1. The van der Waals surface area contributed by atoms with Crippen LogP contribution in [0.2, 0.25) is 5.02 Å². The summed E-state index contributed by atoms with van der Waals surface area (Å²) in [5, 5.41) is 3.52. The molecule has 1 aliphatic heterocycles. The van der Waals surface area contributed by atoms with Crippen LogP contribution >= 0.6 is 11.6 Å². The molecule has 0 bridgehead atoms. The van der Waals surface area contributed by atoms with E-state index >= 15 is 0 Å². The fourth-order valence-electron chi connectivity index (χ4n) is 2.77. The first kappa shape index (κ1) is 16.3. The maximum absolute atomic E-state index is 12.7. The fourth-order valence-corrected chi connectivity index (χ4v) is 3.03. The van der Waals surface area contributed by atoms with Crippen LogP contribution in [0.4, 0.5) is 11.4 Å². The molecule has 2 aromatic rings. The van der Waals surface area contributed by atoms with Gasteiger partial charge in [-0.3, -0.25) is 9.59 Å². The van der Waals surface area contributed by atoms with E-state index in [0.29, 0.717) is 22.1 Å². The lowest BCUT2D eigenvalue weighted by Gasteiger charge is -2.18. The molecule has 1 atom stereocenters. The second-order valence-corrected chi connectivity index (χ2v) is 6.01. The van der Waals surface area contributed by atoms with E-state index in [9.17, 15) is 9.59 Å². The zero-order chi connectivity index (χ0) is 17.3. The Morgan fingerprint density at radius 1 is 1.21 bits per heavy atom. The monoisotopic (exact) mass is 344 g/mol. The van der Waals surface area contributed by atoms with Crippen LogP contribution in [-0.4, -0.2) is 25.0 Å². The molecule has 0 aliphatic carbocycles. The normalized spacial score (nSPS) is 17.3. The van der Waals surface area contributed by atoms with Gasteiger partial charge >= 0.3 is 0 Å². The summed E-state index contributed by atoms with van der Waals surface area (Å²) in [5.74, 6) is 0.0743. The predicted molar refractivity (Wildman–Crippen MR) is 93.7 cm³/mol. The van der Waals surface area contributed by atoms with Gasteiger partial charge in [-0.15, -0.1) is 0 Å². The van der Waals surface area contributed by atoms with Crippen molar-refractivity contribution in [3.63, 3.8) is 0 Å². The van der Waals surface area contributed by atoms with Crippen molar-refractivity contribution in [2.45, 2.75) is 19.4 Å². The topological polar surface area (TPSA) is 58.6 Å². The number of anilines is 2. The number of nitrogens with one attached hydrogen (secondary N) is 1. The number of carbonyl (C=O) groups excluding carboxylic acids is 2. The minimum Gasteiger partial charge on any atom is -0.495 e. The Bertz CT molecular complexity index is 807. The highest BCUT2D eigenvalue weighted by molar-refractivity contribution is 6.32. The molecule has 1 fully saturated rings. The third-order valence-corrected chi connectivity index (χ3v) is 4.29. The van der Waals surface area contributed by atoms with E-state index < -0.39 is 6.04 Å². The first-order valence-electron chi connectivity index (χ1n) is 7.53. The van der Waals surface area contributed by atoms with Crippen molar-refractivity contribution in [2.24, 2.45) is 0 Å². The van der Waals surface area contributed by atoms with Gasteiger partial charge in [-0.05, 0) is 36.8 Å². The number of halogens is 1. The lowest BCUT2D eigenvalue weighted by molar-refractivity contribution is -0.121. The van der Waals surface area contributed by atoms with Gasteiger partial charge < -0.3 is 10.1 Å². The molecular weight excluding hydrogens is 328 g/mol. The number of imide groups is 1. The zero-order valence-electron chi connectivity index (χ0n) is 13.4. The quantitative estimate of drug-likeness (QED) is 0.864. The van der Waals surface area contributed by atoms with Gasteiger partial charge in [0.25, 0.3) is 5.91 Å². The molecule has 2 aromatic carbocycles. The van der Waals surface area contributed by atoms with E-state index in [0.717, 1.165) is 5.56 Å². The summed E-state index contributed by atoms with van der Waals surface area (Å²) in [4.78, 5) is 26.2. The van der Waals surface area contributed by atoms with Gasteiger partial charge in [0, 0.05) is 5.69 Å². The van der Waals surface area contributed by atoms with Gasteiger partial charge in [0.1, 0.15) is 11.8 Å². The summed E-state index contributed by atoms with van der Waals surface area (Å²) in [6, 6.07) is 11.9. The first-order chi connectivity index (χ1) is 11.5. The van der Waals surface area contributed by atoms with E-state index in [-0.39, 0.29) is 18.2 Å². The van der Waals surface area contributed by atoms with Crippen molar-refractivity contribution < 1.29 is 14.3 Å². The Kier molecular flexibility index (Phi) is 4.44. The van der Waals surface area contributed by atoms with Gasteiger partial charge in [0.2, 0.25) is 5.91 Å².